The van der Waals surface area contributed by atoms with Crippen molar-refractivity contribution in [3.05, 3.63) is 0 Å². The second-order valence-electron chi connectivity index (χ2n) is 3.26. The third kappa shape index (κ3) is 6.72. The molecular formula is C7H20N2O2S. The highest BCUT2D eigenvalue weighted by Crippen LogP contribution is 1.95. The molecular weight excluding hydrogens is 176 g/mol. The second-order valence-corrected chi connectivity index (χ2v) is 5.93. The lowest BCUT2D eigenvalue weighted by atomic mass is 10.5. The lowest BCUT2D eigenvalue weighted by molar-refractivity contribution is 0.0951. The zero-order valence-corrected chi connectivity index (χ0v) is 9.23. The average Bonchev–Trinajstić information content (AvgIpc) is 1.84. The molecule has 0 rings (SSSR count). The van der Waals surface area contributed by atoms with E-state index in [1.807, 2.05) is 25.9 Å². The van der Waals surface area contributed by atoms with Crippen LogP contribution in [0.25, 0.3) is 0 Å². The van der Waals surface area contributed by atoms with Crippen LogP contribution in [0.3, 0.4) is 0 Å². The number of hydrogen-bond acceptors (Lipinski definition) is 3. The molecule has 0 spiro atoms. The first kappa shape index (κ1) is 12.0. The molecule has 76 valence electrons. The third-order valence-electron chi connectivity index (χ3n) is 1.12. The smallest absolute Gasteiger partial charge is 0.0690 e. The van der Waals surface area contributed by atoms with E-state index in [2.05, 4.69) is 4.89 Å². The van der Waals surface area contributed by atoms with Crippen LogP contribution in [0.4, 0.5) is 0 Å². The van der Waals surface area contributed by atoms with Crippen molar-refractivity contribution >= 4 is 10.1 Å². The maximum Gasteiger partial charge on any atom is 0.0690 e. The minimum absolute atomic E-state index is 0.525. The molecule has 0 heterocycles. The molecule has 0 aromatic rings. The fourth-order valence-corrected chi connectivity index (χ4v) is 2.35. The van der Waals surface area contributed by atoms with Crippen molar-refractivity contribution in [1.82, 2.24) is 9.79 Å². The fraction of sp³-hybridized carbons (Fsp3) is 1.00. The third-order valence-corrected chi connectivity index (χ3v) is 2.74. The number of hydrogen-bond donors (Lipinski definition) is 2. The maximum atomic E-state index is 11.6. The van der Waals surface area contributed by atoms with Crippen molar-refractivity contribution < 1.29 is 9.05 Å². The molecule has 5 heteroatoms. The van der Waals surface area contributed by atoms with Crippen molar-refractivity contribution in [3.63, 3.8) is 0 Å². The van der Waals surface area contributed by atoms with Crippen LogP contribution in [-0.2, 0) is 15.0 Å². The first-order valence-electron chi connectivity index (χ1n) is 4.08. The zero-order valence-electron chi connectivity index (χ0n) is 8.33. The number of nitrogens with zero attached hydrogens (tertiary/aromatic N) is 1. The summed E-state index contributed by atoms with van der Waals surface area (Å²) in [5, 5.41) is 0. The summed E-state index contributed by atoms with van der Waals surface area (Å²) in [5.41, 5.74) is 0. The summed E-state index contributed by atoms with van der Waals surface area (Å²) in [5.74, 6) is 0.525. The van der Waals surface area contributed by atoms with Gasteiger partial charge in [-0.25, -0.2) is 0 Å². The van der Waals surface area contributed by atoms with Gasteiger partial charge in [0.25, 0.3) is 0 Å². The molecule has 0 aliphatic carbocycles. The number of nitrogens with one attached hydrogen (secondary N) is 1. The molecule has 0 atom stereocenters. The van der Waals surface area contributed by atoms with Crippen molar-refractivity contribution in [2.24, 2.45) is 0 Å². The predicted octanol–water partition coefficient (Wildman–Crippen LogP) is -0.00180. The SMILES string of the molecule is CCCON[SH](C)(=O)CN(C)C. The molecule has 0 saturated heterocycles. The van der Waals surface area contributed by atoms with Gasteiger partial charge in [0, 0.05) is 6.26 Å². The van der Waals surface area contributed by atoms with Crippen LogP contribution >= 0.6 is 0 Å². The summed E-state index contributed by atoms with van der Waals surface area (Å²) in [6.07, 6.45) is 2.61. The van der Waals surface area contributed by atoms with E-state index >= 15 is 0 Å². The van der Waals surface area contributed by atoms with Crippen LogP contribution in [0.1, 0.15) is 13.3 Å². The highest BCUT2D eigenvalue weighted by molar-refractivity contribution is 8.00. The highest BCUT2D eigenvalue weighted by atomic mass is 32.3. The normalized spacial score (nSPS) is 13.8. The molecule has 0 unspecified atom stereocenters. The molecule has 0 saturated carbocycles. The van der Waals surface area contributed by atoms with Gasteiger partial charge in [0.15, 0.2) is 0 Å². The van der Waals surface area contributed by atoms with Crippen molar-refractivity contribution in [2.75, 3.05) is 32.8 Å². The Bertz CT molecular complexity index is 161. The second kappa shape index (κ2) is 5.64. The van der Waals surface area contributed by atoms with Gasteiger partial charge in [0.2, 0.25) is 0 Å². The number of thiol groups is 1. The van der Waals surface area contributed by atoms with E-state index in [9.17, 15) is 4.21 Å². The van der Waals surface area contributed by atoms with E-state index in [1.54, 1.807) is 6.26 Å². The average molecular weight is 196 g/mol. The molecule has 0 bridgehead atoms. The largest absolute Gasteiger partial charge is 0.299 e. The van der Waals surface area contributed by atoms with E-state index in [4.69, 9.17) is 4.84 Å². The van der Waals surface area contributed by atoms with E-state index in [0.717, 1.165) is 6.42 Å². The Morgan fingerprint density at radius 3 is 2.50 bits per heavy atom. The molecule has 0 aromatic carbocycles. The van der Waals surface area contributed by atoms with Gasteiger partial charge in [-0.3, -0.25) is 13.9 Å². The minimum Gasteiger partial charge on any atom is -0.299 e. The summed E-state index contributed by atoms with van der Waals surface area (Å²) in [6, 6.07) is 0. The Balaban J connectivity index is 3.64. The first-order chi connectivity index (χ1) is 5.48. The van der Waals surface area contributed by atoms with Gasteiger partial charge in [-0.2, -0.15) is 0 Å². The predicted molar refractivity (Wildman–Crippen MR) is 53.4 cm³/mol. The van der Waals surface area contributed by atoms with E-state index in [0.29, 0.717) is 12.5 Å². The fourth-order valence-electron chi connectivity index (χ4n) is 0.853. The summed E-state index contributed by atoms with van der Waals surface area (Å²) < 4.78 is 11.6. The summed E-state index contributed by atoms with van der Waals surface area (Å²) in [7, 11) is 1.45. The van der Waals surface area contributed by atoms with E-state index in [-0.39, 0.29) is 0 Å². The highest BCUT2D eigenvalue weighted by Gasteiger charge is 2.07. The minimum atomic E-state index is -2.32. The Morgan fingerprint density at radius 2 is 2.08 bits per heavy atom. The van der Waals surface area contributed by atoms with Crippen LogP contribution in [-0.4, -0.2) is 41.9 Å². The van der Waals surface area contributed by atoms with E-state index < -0.39 is 10.1 Å². The van der Waals surface area contributed by atoms with Gasteiger partial charge in [0.05, 0.1) is 12.5 Å². The standard InChI is InChI=1S/C7H20N2O2S/c1-5-6-11-8-12(4,10)7-9(2)3/h12H,5-7H2,1-4H3,(H,8,10). The Labute approximate surface area is 75.8 Å². The van der Waals surface area contributed by atoms with Crippen molar-refractivity contribution in [1.29, 1.82) is 0 Å². The molecule has 0 aliphatic rings. The molecule has 0 aromatic heterocycles. The van der Waals surface area contributed by atoms with Gasteiger partial charge in [0.1, 0.15) is 0 Å². The quantitative estimate of drug-likeness (QED) is 0.357. The first-order valence-corrected chi connectivity index (χ1v) is 6.42. The summed E-state index contributed by atoms with van der Waals surface area (Å²) >= 11 is 0. The lowest BCUT2D eigenvalue weighted by Gasteiger charge is -2.23. The Kier molecular flexibility index (Phi) is 5.65. The van der Waals surface area contributed by atoms with Gasteiger partial charge >= 0.3 is 0 Å². The van der Waals surface area contributed by atoms with Crippen molar-refractivity contribution in [2.45, 2.75) is 13.3 Å². The summed E-state index contributed by atoms with van der Waals surface area (Å²) in [6.45, 7) is 2.61. The maximum absolute atomic E-state index is 11.6. The lowest BCUT2D eigenvalue weighted by Crippen LogP contribution is -2.38. The molecule has 0 fully saturated rings. The van der Waals surface area contributed by atoms with Crippen LogP contribution in [0, 0.1) is 0 Å². The monoisotopic (exact) mass is 196 g/mol. The van der Waals surface area contributed by atoms with Gasteiger partial charge in [-0.15, -0.1) is 4.89 Å². The van der Waals surface area contributed by atoms with E-state index in [1.165, 1.54) is 0 Å². The zero-order chi connectivity index (χ0) is 9.61. The van der Waals surface area contributed by atoms with Crippen LogP contribution < -0.4 is 4.89 Å². The van der Waals surface area contributed by atoms with Gasteiger partial charge in [-0.1, -0.05) is 6.92 Å². The number of rotatable bonds is 6. The van der Waals surface area contributed by atoms with Crippen molar-refractivity contribution in [3.8, 4) is 0 Å². The van der Waals surface area contributed by atoms with Gasteiger partial charge in [-0.05, 0) is 30.6 Å². The molecule has 0 aliphatic heterocycles. The molecule has 4 nitrogen and oxygen atoms in total. The Hall–Kier alpha value is 0.0300. The van der Waals surface area contributed by atoms with Crippen LogP contribution in [0.2, 0.25) is 0 Å². The molecule has 0 radical (unpaired) electrons. The summed E-state index contributed by atoms with van der Waals surface area (Å²) in [4.78, 5) is 9.49. The van der Waals surface area contributed by atoms with Crippen LogP contribution in [0.15, 0.2) is 0 Å². The van der Waals surface area contributed by atoms with Gasteiger partial charge < -0.3 is 0 Å². The van der Waals surface area contributed by atoms with Crippen LogP contribution in [0.5, 0.6) is 0 Å². The topological polar surface area (TPSA) is 41.6 Å². The molecule has 12 heavy (non-hydrogen) atoms. The molecule has 0 amide bonds. The molecule has 1 N–H and O–H groups in total. The Morgan fingerprint density at radius 1 is 1.50 bits per heavy atom.